The minimum Gasteiger partial charge on any atom is -0.507 e. The Morgan fingerprint density at radius 1 is 1.20 bits per heavy atom. The molecule has 0 unspecified atom stereocenters. The van der Waals surface area contributed by atoms with Crippen molar-refractivity contribution in [2.75, 3.05) is 5.73 Å². The standard InChI is InChI=1S/C11H9ClN2O/c12-11-9(2-1-5-14-11)8-4-3-7(13)6-10(8)15/h1-6,15H,13H2. The fraction of sp³-hybridized carbons (Fsp3) is 0. The van der Waals surface area contributed by atoms with Crippen molar-refractivity contribution in [1.82, 2.24) is 4.98 Å². The first-order valence-corrected chi connectivity index (χ1v) is 4.75. The molecule has 2 rings (SSSR count). The number of halogens is 1. The van der Waals surface area contributed by atoms with Crippen molar-refractivity contribution in [1.29, 1.82) is 0 Å². The Labute approximate surface area is 92.1 Å². The molecule has 0 fully saturated rings. The number of nitrogen functional groups attached to an aromatic ring is 1. The van der Waals surface area contributed by atoms with Gasteiger partial charge in [0.05, 0.1) is 0 Å². The van der Waals surface area contributed by atoms with Crippen LogP contribution in [0.5, 0.6) is 5.75 Å². The van der Waals surface area contributed by atoms with Crippen LogP contribution < -0.4 is 5.73 Å². The molecular weight excluding hydrogens is 212 g/mol. The lowest BCUT2D eigenvalue weighted by Gasteiger charge is -2.06. The SMILES string of the molecule is Nc1ccc(-c2cccnc2Cl)c(O)c1. The van der Waals surface area contributed by atoms with Crippen LogP contribution in [0.2, 0.25) is 5.15 Å². The van der Waals surface area contributed by atoms with E-state index in [0.717, 1.165) is 0 Å². The molecule has 1 heterocycles. The first kappa shape index (κ1) is 9.80. The molecule has 0 saturated carbocycles. The van der Waals surface area contributed by atoms with Gasteiger partial charge in [0.15, 0.2) is 0 Å². The van der Waals surface area contributed by atoms with E-state index in [1.165, 1.54) is 6.07 Å². The van der Waals surface area contributed by atoms with Crippen molar-refractivity contribution in [2.45, 2.75) is 0 Å². The van der Waals surface area contributed by atoms with Crippen molar-refractivity contribution in [3.05, 3.63) is 41.7 Å². The van der Waals surface area contributed by atoms with Gasteiger partial charge in [0.2, 0.25) is 0 Å². The number of aromatic nitrogens is 1. The summed E-state index contributed by atoms with van der Waals surface area (Å²) in [6, 6.07) is 8.46. The van der Waals surface area contributed by atoms with Gasteiger partial charge in [0.25, 0.3) is 0 Å². The van der Waals surface area contributed by atoms with Crippen molar-refractivity contribution in [3.63, 3.8) is 0 Å². The van der Waals surface area contributed by atoms with Gasteiger partial charge in [0, 0.05) is 29.1 Å². The van der Waals surface area contributed by atoms with Crippen molar-refractivity contribution in [2.24, 2.45) is 0 Å². The summed E-state index contributed by atoms with van der Waals surface area (Å²) >= 11 is 5.92. The lowest BCUT2D eigenvalue weighted by Crippen LogP contribution is -1.87. The van der Waals surface area contributed by atoms with Gasteiger partial charge in [-0.05, 0) is 24.3 Å². The number of anilines is 1. The predicted molar refractivity (Wildman–Crippen MR) is 60.8 cm³/mol. The largest absolute Gasteiger partial charge is 0.507 e. The third kappa shape index (κ3) is 1.87. The van der Waals surface area contributed by atoms with Gasteiger partial charge in [-0.1, -0.05) is 11.6 Å². The number of nitrogens with two attached hydrogens (primary N) is 1. The third-order valence-electron chi connectivity index (χ3n) is 2.07. The topological polar surface area (TPSA) is 59.1 Å². The maximum atomic E-state index is 9.70. The van der Waals surface area contributed by atoms with E-state index in [-0.39, 0.29) is 5.75 Å². The van der Waals surface area contributed by atoms with Crippen LogP contribution >= 0.6 is 11.6 Å². The zero-order valence-electron chi connectivity index (χ0n) is 7.81. The number of pyridine rings is 1. The summed E-state index contributed by atoms with van der Waals surface area (Å²) in [6.07, 6.45) is 1.60. The maximum absolute atomic E-state index is 9.70. The van der Waals surface area contributed by atoms with Crippen molar-refractivity contribution in [3.8, 4) is 16.9 Å². The molecule has 0 saturated heterocycles. The summed E-state index contributed by atoms with van der Waals surface area (Å²) in [5, 5.41) is 10.1. The van der Waals surface area contributed by atoms with Gasteiger partial charge >= 0.3 is 0 Å². The number of hydrogen-bond acceptors (Lipinski definition) is 3. The average Bonchev–Trinajstić information content (AvgIpc) is 2.20. The van der Waals surface area contributed by atoms with Gasteiger partial charge in [-0.2, -0.15) is 0 Å². The number of rotatable bonds is 1. The summed E-state index contributed by atoms with van der Waals surface area (Å²) in [5.74, 6) is 0.102. The zero-order chi connectivity index (χ0) is 10.8. The van der Waals surface area contributed by atoms with Crippen LogP contribution in [0, 0.1) is 0 Å². The molecule has 0 bridgehead atoms. The summed E-state index contributed by atoms with van der Waals surface area (Å²) in [6.45, 7) is 0. The number of nitrogens with zero attached hydrogens (tertiary/aromatic N) is 1. The van der Waals surface area contributed by atoms with Gasteiger partial charge in [-0.3, -0.25) is 0 Å². The van der Waals surface area contributed by atoms with E-state index in [1.54, 1.807) is 30.5 Å². The molecule has 1 aromatic heterocycles. The Morgan fingerprint density at radius 3 is 2.67 bits per heavy atom. The highest BCUT2D eigenvalue weighted by molar-refractivity contribution is 6.32. The smallest absolute Gasteiger partial charge is 0.136 e. The van der Waals surface area contributed by atoms with Crippen LogP contribution in [-0.4, -0.2) is 10.1 Å². The van der Waals surface area contributed by atoms with E-state index in [0.29, 0.717) is 22.0 Å². The highest BCUT2D eigenvalue weighted by Gasteiger charge is 2.08. The third-order valence-corrected chi connectivity index (χ3v) is 2.37. The van der Waals surface area contributed by atoms with Crippen LogP contribution in [0.25, 0.3) is 11.1 Å². The number of phenolic OH excluding ortho intramolecular Hbond substituents is 1. The summed E-state index contributed by atoms with van der Waals surface area (Å²) < 4.78 is 0. The number of hydrogen-bond donors (Lipinski definition) is 2. The Hall–Kier alpha value is -1.74. The van der Waals surface area contributed by atoms with Crippen molar-refractivity contribution < 1.29 is 5.11 Å². The zero-order valence-corrected chi connectivity index (χ0v) is 8.57. The molecular formula is C11H9ClN2O. The van der Waals surface area contributed by atoms with Crippen LogP contribution in [0.3, 0.4) is 0 Å². The fourth-order valence-electron chi connectivity index (χ4n) is 1.36. The lowest BCUT2D eigenvalue weighted by atomic mass is 10.1. The Balaban J connectivity index is 2.60. The average molecular weight is 221 g/mol. The number of benzene rings is 1. The van der Waals surface area contributed by atoms with Gasteiger partial charge in [-0.25, -0.2) is 4.98 Å². The fourth-order valence-corrected chi connectivity index (χ4v) is 1.58. The van der Waals surface area contributed by atoms with Gasteiger partial charge in [0.1, 0.15) is 10.9 Å². The number of aromatic hydroxyl groups is 1. The molecule has 15 heavy (non-hydrogen) atoms. The summed E-state index contributed by atoms with van der Waals surface area (Å²) in [4.78, 5) is 3.94. The van der Waals surface area contributed by atoms with Gasteiger partial charge in [-0.15, -0.1) is 0 Å². The second-order valence-electron chi connectivity index (χ2n) is 3.12. The minimum absolute atomic E-state index is 0.102. The molecule has 0 radical (unpaired) electrons. The van der Waals surface area contributed by atoms with E-state index in [9.17, 15) is 5.11 Å². The lowest BCUT2D eigenvalue weighted by molar-refractivity contribution is 0.477. The molecule has 0 spiro atoms. The second-order valence-corrected chi connectivity index (χ2v) is 3.48. The predicted octanol–water partition coefficient (Wildman–Crippen LogP) is 2.69. The van der Waals surface area contributed by atoms with Crippen LogP contribution in [0.4, 0.5) is 5.69 Å². The van der Waals surface area contributed by atoms with Gasteiger partial charge < -0.3 is 10.8 Å². The quantitative estimate of drug-likeness (QED) is 0.574. The molecule has 0 aliphatic heterocycles. The molecule has 2 aromatic rings. The van der Waals surface area contributed by atoms with Crippen LogP contribution in [0.15, 0.2) is 36.5 Å². The van der Waals surface area contributed by atoms with Crippen LogP contribution in [-0.2, 0) is 0 Å². The molecule has 3 nitrogen and oxygen atoms in total. The Kier molecular flexibility index (Phi) is 2.47. The molecule has 76 valence electrons. The van der Waals surface area contributed by atoms with E-state index in [4.69, 9.17) is 17.3 Å². The second kappa shape index (κ2) is 3.79. The highest BCUT2D eigenvalue weighted by Crippen LogP contribution is 2.33. The first-order valence-electron chi connectivity index (χ1n) is 4.38. The maximum Gasteiger partial charge on any atom is 0.136 e. The molecule has 0 amide bonds. The number of phenols is 1. The molecule has 1 aromatic carbocycles. The van der Waals surface area contributed by atoms with Crippen LogP contribution in [0.1, 0.15) is 0 Å². The first-order chi connectivity index (χ1) is 7.18. The Morgan fingerprint density at radius 2 is 2.00 bits per heavy atom. The minimum atomic E-state index is 0.102. The monoisotopic (exact) mass is 220 g/mol. The van der Waals surface area contributed by atoms with E-state index >= 15 is 0 Å². The summed E-state index contributed by atoms with van der Waals surface area (Å²) in [7, 11) is 0. The molecule has 0 aliphatic carbocycles. The highest BCUT2D eigenvalue weighted by atomic mass is 35.5. The van der Waals surface area contributed by atoms with Crippen molar-refractivity contribution >= 4 is 17.3 Å². The van der Waals surface area contributed by atoms with E-state index in [2.05, 4.69) is 4.98 Å². The molecule has 3 N–H and O–H groups in total. The normalized spacial score (nSPS) is 10.2. The molecule has 0 atom stereocenters. The van der Waals surface area contributed by atoms with E-state index in [1.807, 2.05) is 0 Å². The van der Waals surface area contributed by atoms with E-state index < -0.39 is 0 Å². The Bertz CT molecular complexity index is 500. The summed E-state index contributed by atoms with van der Waals surface area (Å²) in [5.41, 5.74) is 7.36. The molecule has 4 heteroatoms. The molecule has 0 aliphatic rings.